The molecule has 0 fully saturated rings. The molecule has 1 aliphatic rings. The molecule has 0 saturated heterocycles. The third-order valence-electron chi connectivity index (χ3n) is 3.81. The molecule has 2 aromatic rings. The van der Waals surface area contributed by atoms with Crippen molar-refractivity contribution in [2.75, 3.05) is 13.7 Å². The van der Waals surface area contributed by atoms with Gasteiger partial charge in [-0.3, -0.25) is 4.79 Å². The van der Waals surface area contributed by atoms with Gasteiger partial charge in [0.25, 0.3) is 5.89 Å². The lowest BCUT2D eigenvalue weighted by molar-refractivity contribution is 0.0985. The molecule has 1 atom stereocenters. The highest BCUT2D eigenvalue weighted by Crippen LogP contribution is 2.42. The van der Waals surface area contributed by atoms with Gasteiger partial charge in [0.2, 0.25) is 0 Å². The molecule has 3 rings (SSSR count). The van der Waals surface area contributed by atoms with Gasteiger partial charge in [0, 0.05) is 25.0 Å². The van der Waals surface area contributed by atoms with Gasteiger partial charge < -0.3 is 14.0 Å². The van der Waals surface area contributed by atoms with Crippen molar-refractivity contribution < 1.29 is 18.8 Å². The SMILES string of the molecule is COCCc1noc(COc2ccc(Cl)c3c2C(=O)C[C@H]3C)n1. The molecule has 1 heterocycles. The monoisotopic (exact) mass is 336 g/mol. The Balaban J connectivity index is 1.74. The van der Waals surface area contributed by atoms with Crippen molar-refractivity contribution in [2.24, 2.45) is 0 Å². The summed E-state index contributed by atoms with van der Waals surface area (Å²) in [7, 11) is 1.61. The van der Waals surface area contributed by atoms with Crippen LogP contribution in [0, 0.1) is 0 Å². The molecule has 0 N–H and O–H groups in total. The van der Waals surface area contributed by atoms with Crippen molar-refractivity contribution in [1.29, 1.82) is 0 Å². The van der Waals surface area contributed by atoms with Gasteiger partial charge in [0.05, 0.1) is 12.2 Å². The lowest BCUT2D eigenvalue weighted by Gasteiger charge is -2.11. The number of hydrogen-bond acceptors (Lipinski definition) is 6. The van der Waals surface area contributed by atoms with E-state index in [4.69, 9.17) is 25.6 Å². The number of carbonyl (C=O) groups is 1. The second-order valence-electron chi connectivity index (χ2n) is 5.50. The average Bonchev–Trinajstić information content (AvgIpc) is 3.10. The van der Waals surface area contributed by atoms with E-state index in [1.807, 2.05) is 6.92 Å². The van der Waals surface area contributed by atoms with Crippen LogP contribution in [0.25, 0.3) is 0 Å². The van der Waals surface area contributed by atoms with Crippen LogP contribution in [-0.2, 0) is 17.8 Å². The lowest BCUT2D eigenvalue weighted by atomic mass is 10.0. The maximum atomic E-state index is 12.2. The number of hydrogen-bond donors (Lipinski definition) is 0. The number of fused-ring (bicyclic) bond motifs is 1. The van der Waals surface area contributed by atoms with Gasteiger partial charge in [-0.15, -0.1) is 0 Å². The van der Waals surface area contributed by atoms with E-state index in [2.05, 4.69) is 10.1 Å². The van der Waals surface area contributed by atoms with Gasteiger partial charge in [-0.05, 0) is 23.6 Å². The molecule has 0 bridgehead atoms. The van der Waals surface area contributed by atoms with Crippen LogP contribution >= 0.6 is 11.6 Å². The van der Waals surface area contributed by atoms with Gasteiger partial charge in [0.1, 0.15) is 5.75 Å². The third-order valence-corrected chi connectivity index (χ3v) is 4.14. The second-order valence-corrected chi connectivity index (χ2v) is 5.91. The summed E-state index contributed by atoms with van der Waals surface area (Å²) in [6, 6.07) is 3.46. The van der Waals surface area contributed by atoms with E-state index in [0.717, 1.165) is 5.56 Å². The van der Waals surface area contributed by atoms with Crippen molar-refractivity contribution in [3.05, 3.63) is 40.0 Å². The van der Waals surface area contributed by atoms with E-state index in [1.54, 1.807) is 19.2 Å². The van der Waals surface area contributed by atoms with Crippen LogP contribution in [0.1, 0.15) is 46.9 Å². The molecular weight excluding hydrogens is 320 g/mol. The summed E-state index contributed by atoms with van der Waals surface area (Å²) < 4.78 is 15.8. The van der Waals surface area contributed by atoms with E-state index >= 15 is 0 Å². The summed E-state index contributed by atoms with van der Waals surface area (Å²) in [6.45, 7) is 2.62. The highest BCUT2D eigenvalue weighted by Gasteiger charge is 2.31. The number of methoxy groups -OCH3 is 1. The first-order valence-corrected chi connectivity index (χ1v) is 7.76. The summed E-state index contributed by atoms with van der Waals surface area (Å²) in [5.74, 6) is 1.60. The number of carbonyl (C=O) groups excluding carboxylic acids is 1. The molecule has 0 unspecified atom stereocenters. The van der Waals surface area contributed by atoms with Crippen molar-refractivity contribution in [3.63, 3.8) is 0 Å². The molecule has 1 aliphatic carbocycles. The number of benzene rings is 1. The second kappa shape index (κ2) is 6.68. The molecule has 1 aromatic carbocycles. The highest BCUT2D eigenvalue weighted by atomic mass is 35.5. The molecule has 23 heavy (non-hydrogen) atoms. The minimum atomic E-state index is 0.0521. The molecule has 0 radical (unpaired) electrons. The standard InChI is InChI=1S/C16H17ClN2O4/c1-9-7-11(20)16-12(4-3-10(17)15(9)16)22-8-14-18-13(19-23-14)5-6-21-2/h3-4,9H,5-8H2,1-2H3/t9-/m1/s1. The molecular formula is C16H17ClN2O4. The minimum Gasteiger partial charge on any atom is -0.483 e. The van der Waals surface area contributed by atoms with Crippen molar-refractivity contribution >= 4 is 17.4 Å². The topological polar surface area (TPSA) is 74.5 Å². The fourth-order valence-corrected chi connectivity index (χ4v) is 3.07. The fourth-order valence-electron chi connectivity index (χ4n) is 2.73. The Kier molecular flexibility index (Phi) is 4.63. The Morgan fingerprint density at radius 2 is 2.26 bits per heavy atom. The van der Waals surface area contributed by atoms with E-state index < -0.39 is 0 Å². The maximum absolute atomic E-state index is 12.2. The van der Waals surface area contributed by atoms with Crippen LogP contribution in [0.5, 0.6) is 5.75 Å². The molecule has 7 heteroatoms. The Bertz CT molecular complexity index is 729. The first kappa shape index (κ1) is 16.0. The molecule has 0 amide bonds. The van der Waals surface area contributed by atoms with Gasteiger partial charge in [-0.25, -0.2) is 0 Å². The third kappa shape index (κ3) is 3.23. The van der Waals surface area contributed by atoms with Crippen LogP contribution in [0.15, 0.2) is 16.7 Å². The number of rotatable bonds is 6. The Hall–Kier alpha value is -1.92. The van der Waals surface area contributed by atoms with Gasteiger partial charge in [-0.2, -0.15) is 4.98 Å². The molecule has 122 valence electrons. The van der Waals surface area contributed by atoms with Crippen LogP contribution in [0.2, 0.25) is 5.02 Å². The van der Waals surface area contributed by atoms with Crippen LogP contribution in [0.3, 0.4) is 0 Å². The lowest BCUT2D eigenvalue weighted by Crippen LogP contribution is -2.02. The summed E-state index contributed by atoms with van der Waals surface area (Å²) in [4.78, 5) is 16.4. The Labute approximate surface area is 138 Å². The van der Waals surface area contributed by atoms with Gasteiger partial charge in [0.15, 0.2) is 18.2 Å². The average molecular weight is 337 g/mol. The molecule has 0 aliphatic heterocycles. The van der Waals surface area contributed by atoms with E-state index in [9.17, 15) is 4.79 Å². The molecule has 6 nitrogen and oxygen atoms in total. The number of halogens is 1. The van der Waals surface area contributed by atoms with E-state index in [1.165, 1.54) is 0 Å². The number of ether oxygens (including phenoxy) is 2. The zero-order chi connectivity index (χ0) is 16.4. The van der Waals surface area contributed by atoms with E-state index in [0.29, 0.717) is 47.5 Å². The zero-order valence-electron chi connectivity index (χ0n) is 13.0. The predicted octanol–water partition coefficient (Wildman–Crippen LogP) is 3.18. The number of nitrogens with zero attached hydrogens (tertiary/aromatic N) is 2. The Morgan fingerprint density at radius 3 is 3.04 bits per heavy atom. The largest absolute Gasteiger partial charge is 0.483 e. The van der Waals surface area contributed by atoms with Crippen molar-refractivity contribution in [3.8, 4) is 5.75 Å². The van der Waals surface area contributed by atoms with Crippen LogP contribution < -0.4 is 4.74 Å². The Morgan fingerprint density at radius 1 is 1.43 bits per heavy atom. The quantitative estimate of drug-likeness (QED) is 0.806. The summed E-state index contributed by atoms with van der Waals surface area (Å²) >= 11 is 6.21. The van der Waals surface area contributed by atoms with E-state index in [-0.39, 0.29) is 18.3 Å². The zero-order valence-corrected chi connectivity index (χ0v) is 13.7. The van der Waals surface area contributed by atoms with Crippen molar-refractivity contribution in [1.82, 2.24) is 10.1 Å². The van der Waals surface area contributed by atoms with Crippen LogP contribution in [-0.4, -0.2) is 29.6 Å². The minimum absolute atomic E-state index is 0.0521. The van der Waals surface area contributed by atoms with Crippen molar-refractivity contribution in [2.45, 2.75) is 32.3 Å². The van der Waals surface area contributed by atoms with Gasteiger partial charge in [-0.1, -0.05) is 23.7 Å². The summed E-state index contributed by atoms with van der Waals surface area (Å²) in [6.07, 6.45) is 1.03. The normalized spacial score (nSPS) is 16.7. The summed E-state index contributed by atoms with van der Waals surface area (Å²) in [5, 5.41) is 4.45. The number of Topliss-reactive ketones (excluding diaryl/α,β-unsaturated/α-hetero) is 1. The number of ketones is 1. The predicted molar refractivity (Wildman–Crippen MR) is 83.0 cm³/mol. The first-order valence-electron chi connectivity index (χ1n) is 7.39. The number of aromatic nitrogens is 2. The summed E-state index contributed by atoms with van der Waals surface area (Å²) in [5.41, 5.74) is 1.43. The first-order chi connectivity index (χ1) is 11.1. The van der Waals surface area contributed by atoms with Gasteiger partial charge >= 0.3 is 0 Å². The smallest absolute Gasteiger partial charge is 0.264 e. The molecule has 0 saturated carbocycles. The van der Waals surface area contributed by atoms with Crippen LogP contribution in [0.4, 0.5) is 0 Å². The fraction of sp³-hybridized carbons (Fsp3) is 0.438. The molecule has 1 aromatic heterocycles. The maximum Gasteiger partial charge on any atom is 0.264 e. The highest BCUT2D eigenvalue weighted by molar-refractivity contribution is 6.32. The molecule has 0 spiro atoms.